The molecule has 0 N–H and O–H groups in total. The fourth-order valence-electron chi connectivity index (χ4n) is 2.60. The summed E-state index contributed by atoms with van der Waals surface area (Å²) in [4.78, 5) is 25.2. The van der Waals surface area contributed by atoms with Gasteiger partial charge in [0.25, 0.3) is 0 Å². The molecule has 2 rings (SSSR count). The molecule has 0 spiro atoms. The molecule has 0 atom stereocenters. The molecule has 0 amide bonds. The fourth-order valence-corrected chi connectivity index (χ4v) is 2.60. The van der Waals surface area contributed by atoms with Crippen molar-refractivity contribution in [3.05, 3.63) is 53.1 Å². The highest BCUT2D eigenvalue weighted by Crippen LogP contribution is 2.32. The number of carbonyl (C=O) groups is 2. The van der Waals surface area contributed by atoms with Crippen molar-refractivity contribution in [3.63, 3.8) is 0 Å². The lowest BCUT2D eigenvalue weighted by atomic mass is 9.95. The topological polar surface area (TPSA) is 89.5 Å². The molecule has 2 aromatic carbocycles. The van der Waals surface area contributed by atoms with Gasteiger partial charge in [0, 0.05) is 25.8 Å². The molecule has 0 radical (unpaired) electrons. The van der Waals surface area contributed by atoms with E-state index < -0.39 is 5.97 Å². The maximum absolute atomic E-state index is 13.3. The zero-order valence-corrected chi connectivity index (χ0v) is 16.9. The van der Waals surface area contributed by atoms with Crippen molar-refractivity contribution in [2.75, 3.05) is 42.0 Å². The fraction of sp³-hybridized carbons (Fsp3) is 0.333. The van der Waals surface area contributed by atoms with Crippen LogP contribution in [0.5, 0.6) is 17.2 Å². The van der Waals surface area contributed by atoms with Gasteiger partial charge in [0.15, 0.2) is 19.4 Å². The maximum Gasteiger partial charge on any atom is 0.310 e. The van der Waals surface area contributed by atoms with Gasteiger partial charge >= 0.3 is 5.97 Å². The smallest absolute Gasteiger partial charge is 0.310 e. The minimum Gasteiger partial charge on any atom is -0.497 e. The standard InChI is InChI=1S/C21H24O8/c1-24-12-28-17-9-15(10-19(22)27-4)20(18(11-17)29-13-25-2)21(23)14-5-7-16(26-3)8-6-14/h5-9,11H,10,12-13H2,1-4H3. The lowest BCUT2D eigenvalue weighted by molar-refractivity contribution is -0.139. The Hall–Kier alpha value is -3.10. The van der Waals surface area contributed by atoms with Crippen molar-refractivity contribution in [3.8, 4) is 17.2 Å². The molecule has 0 aliphatic carbocycles. The van der Waals surface area contributed by atoms with Crippen LogP contribution in [0.3, 0.4) is 0 Å². The summed E-state index contributed by atoms with van der Waals surface area (Å²) in [6.45, 7) is -0.0958. The third kappa shape index (κ3) is 5.94. The van der Waals surface area contributed by atoms with Crippen LogP contribution in [0.1, 0.15) is 21.5 Å². The van der Waals surface area contributed by atoms with Gasteiger partial charge in [-0.2, -0.15) is 0 Å². The second kappa shape index (κ2) is 11.0. The molecule has 8 heteroatoms. The third-order valence-corrected chi connectivity index (χ3v) is 3.97. The van der Waals surface area contributed by atoms with Crippen molar-refractivity contribution in [2.24, 2.45) is 0 Å². The second-order valence-electron chi connectivity index (χ2n) is 5.87. The molecule has 0 fully saturated rings. The number of ether oxygens (including phenoxy) is 6. The summed E-state index contributed by atoms with van der Waals surface area (Å²) < 4.78 is 30.9. The molecule has 0 unspecified atom stereocenters. The van der Waals surface area contributed by atoms with Crippen molar-refractivity contribution in [1.82, 2.24) is 0 Å². The number of ketones is 1. The Bertz CT molecular complexity index is 829. The van der Waals surface area contributed by atoms with Gasteiger partial charge in [-0.1, -0.05) is 0 Å². The Balaban J connectivity index is 2.56. The molecule has 0 bridgehead atoms. The van der Waals surface area contributed by atoms with Crippen molar-refractivity contribution in [1.29, 1.82) is 0 Å². The molecular formula is C21H24O8. The summed E-state index contributed by atoms with van der Waals surface area (Å²) in [6, 6.07) is 9.77. The maximum atomic E-state index is 13.3. The van der Waals surface area contributed by atoms with Crippen LogP contribution in [0.25, 0.3) is 0 Å². The molecule has 156 valence electrons. The molecule has 2 aromatic rings. The molecule has 0 saturated heterocycles. The van der Waals surface area contributed by atoms with Crippen LogP contribution in [0.15, 0.2) is 36.4 Å². The average molecular weight is 404 g/mol. The summed E-state index contributed by atoms with van der Waals surface area (Å²) in [5, 5.41) is 0. The van der Waals surface area contributed by atoms with E-state index in [2.05, 4.69) is 0 Å². The van der Waals surface area contributed by atoms with Gasteiger partial charge in [-0.05, 0) is 35.9 Å². The summed E-state index contributed by atoms with van der Waals surface area (Å²) in [6.07, 6.45) is -0.138. The Morgan fingerprint density at radius 2 is 1.48 bits per heavy atom. The van der Waals surface area contributed by atoms with Gasteiger partial charge in [-0.25, -0.2) is 0 Å². The predicted octanol–water partition coefficient (Wildman–Crippen LogP) is 2.61. The van der Waals surface area contributed by atoms with Gasteiger partial charge in [0.1, 0.15) is 17.2 Å². The van der Waals surface area contributed by atoms with E-state index in [0.29, 0.717) is 22.6 Å². The quantitative estimate of drug-likeness (QED) is 0.321. The summed E-state index contributed by atoms with van der Waals surface area (Å²) in [7, 11) is 5.77. The third-order valence-electron chi connectivity index (χ3n) is 3.97. The summed E-state index contributed by atoms with van der Waals surface area (Å²) in [5.41, 5.74) is 1.03. The highest BCUT2D eigenvalue weighted by atomic mass is 16.7. The minimum atomic E-state index is -0.504. The van der Waals surface area contributed by atoms with E-state index in [1.807, 2.05) is 0 Å². The first-order chi connectivity index (χ1) is 14.0. The monoisotopic (exact) mass is 404 g/mol. The number of rotatable bonds is 11. The molecule has 0 heterocycles. The average Bonchev–Trinajstić information content (AvgIpc) is 2.75. The van der Waals surface area contributed by atoms with Crippen LogP contribution in [0.2, 0.25) is 0 Å². The highest BCUT2D eigenvalue weighted by Gasteiger charge is 2.23. The summed E-state index contributed by atoms with van der Waals surface area (Å²) >= 11 is 0. The number of methoxy groups -OCH3 is 4. The van der Waals surface area contributed by atoms with E-state index in [1.54, 1.807) is 43.5 Å². The number of carbonyl (C=O) groups excluding carboxylic acids is 2. The van der Waals surface area contributed by atoms with E-state index in [9.17, 15) is 9.59 Å². The predicted molar refractivity (Wildman–Crippen MR) is 104 cm³/mol. The zero-order valence-electron chi connectivity index (χ0n) is 16.9. The van der Waals surface area contributed by atoms with Crippen LogP contribution in [0.4, 0.5) is 0 Å². The molecule has 0 aliphatic rings. The van der Waals surface area contributed by atoms with E-state index in [1.165, 1.54) is 21.3 Å². The van der Waals surface area contributed by atoms with E-state index in [-0.39, 0.29) is 37.1 Å². The number of benzene rings is 2. The van der Waals surface area contributed by atoms with Crippen LogP contribution in [-0.4, -0.2) is 53.8 Å². The van der Waals surface area contributed by atoms with Crippen LogP contribution < -0.4 is 14.2 Å². The van der Waals surface area contributed by atoms with Crippen molar-refractivity contribution >= 4 is 11.8 Å². The molecule has 0 saturated carbocycles. The highest BCUT2D eigenvalue weighted by molar-refractivity contribution is 6.12. The van der Waals surface area contributed by atoms with Crippen molar-refractivity contribution in [2.45, 2.75) is 6.42 Å². The first-order valence-electron chi connectivity index (χ1n) is 8.70. The molecule has 0 aromatic heterocycles. The largest absolute Gasteiger partial charge is 0.497 e. The molecule has 0 aliphatic heterocycles. The Morgan fingerprint density at radius 3 is 2.07 bits per heavy atom. The van der Waals surface area contributed by atoms with Gasteiger partial charge in [-0.15, -0.1) is 0 Å². The van der Waals surface area contributed by atoms with Gasteiger partial charge < -0.3 is 28.4 Å². The van der Waals surface area contributed by atoms with E-state index >= 15 is 0 Å². The lowest BCUT2D eigenvalue weighted by Crippen LogP contribution is -2.14. The number of hydrogen-bond acceptors (Lipinski definition) is 8. The Morgan fingerprint density at radius 1 is 0.828 bits per heavy atom. The second-order valence-corrected chi connectivity index (χ2v) is 5.87. The van der Waals surface area contributed by atoms with Gasteiger partial charge in [0.2, 0.25) is 0 Å². The molecular weight excluding hydrogens is 380 g/mol. The van der Waals surface area contributed by atoms with Crippen LogP contribution in [0, 0.1) is 0 Å². The van der Waals surface area contributed by atoms with Crippen LogP contribution in [-0.2, 0) is 25.4 Å². The van der Waals surface area contributed by atoms with E-state index in [4.69, 9.17) is 28.4 Å². The normalized spacial score (nSPS) is 10.3. The van der Waals surface area contributed by atoms with Gasteiger partial charge in [0.05, 0.1) is 26.2 Å². The zero-order chi connectivity index (χ0) is 21.2. The lowest BCUT2D eigenvalue weighted by Gasteiger charge is -2.17. The Labute approximate surface area is 169 Å². The molecule has 8 nitrogen and oxygen atoms in total. The van der Waals surface area contributed by atoms with Gasteiger partial charge in [-0.3, -0.25) is 9.59 Å². The number of esters is 1. The van der Waals surface area contributed by atoms with E-state index in [0.717, 1.165) is 0 Å². The first kappa shape index (κ1) is 22.2. The SMILES string of the molecule is COCOc1cc(CC(=O)OC)c(C(=O)c2ccc(OC)cc2)c(OCOC)c1. The summed E-state index contributed by atoms with van der Waals surface area (Å²) in [5.74, 6) is 0.394. The number of hydrogen-bond donors (Lipinski definition) is 0. The van der Waals surface area contributed by atoms with Crippen molar-refractivity contribution < 1.29 is 38.0 Å². The van der Waals surface area contributed by atoms with Crippen LogP contribution >= 0.6 is 0 Å². The Kier molecular flexibility index (Phi) is 8.45. The minimum absolute atomic E-state index is 0.00679. The first-order valence-corrected chi connectivity index (χ1v) is 8.70. The molecule has 29 heavy (non-hydrogen) atoms.